The molecule has 0 aliphatic carbocycles. The summed E-state index contributed by atoms with van der Waals surface area (Å²) >= 11 is 6.82. The Morgan fingerprint density at radius 2 is 2.08 bits per heavy atom. The quantitative estimate of drug-likeness (QED) is 0.534. The van der Waals surface area contributed by atoms with E-state index in [4.69, 9.17) is 14.2 Å². The molecule has 2 aromatic rings. The maximum absolute atomic E-state index is 11.9. The largest absolute Gasteiger partial charge is 0.482 e. The fraction of sp³-hybridized carbons (Fsp3) is 0.176. The number of nitrogens with one attached hydrogen (secondary N) is 1. The van der Waals surface area contributed by atoms with Crippen molar-refractivity contribution in [3.05, 3.63) is 50.4 Å². The van der Waals surface area contributed by atoms with Crippen molar-refractivity contribution in [3.8, 4) is 17.2 Å². The highest BCUT2D eigenvalue weighted by molar-refractivity contribution is 9.11. The minimum absolute atomic E-state index is 0.139. The minimum Gasteiger partial charge on any atom is -0.482 e. The van der Waals surface area contributed by atoms with Crippen LogP contribution in [-0.4, -0.2) is 25.5 Å². The summed E-state index contributed by atoms with van der Waals surface area (Å²) in [6.07, 6.45) is 1.53. The van der Waals surface area contributed by atoms with E-state index < -0.39 is 0 Å². The number of carbonyl (C=O) groups is 1. The Labute approximate surface area is 161 Å². The molecule has 25 heavy (non-hydrogen) atoms. The zero-order valence-electron chi connectivity index (χ0n) is 13.2. The molecule has 0 bridgehead atoms. The van der Waals surface area contributed by atoms with E-state index in [0.29, 0.717) is 17.2 Å². The Kier molecular flexibility index (Phi) is 5.60. The van der Waals surface area contributed by atoms with Crippen molar-refractivity contribution in [2.75, 3.05) is 13.4 Å². The maximum atomic E-state index is 11.9. The molecular weight excluding hydrogens is 456 g/mol. The molecule has 6 nitrogen and oxygen atoms in total. The highest BCUT2D eigenvalue weighted by Gasteiger charge is 2.12. The summed E-state index contributed by atoms with van der Waals surface area (Å²) in [4.78, 5) is 11.9. The Balaban J connectivity index is 1.53. The van der Waals surface area contributed by atoms with E-state index in [1.54, 1.807) is 12.1 Å². The van der Waals surface area contributed by atoms with Gasteiger partial charge in [-0.05, 0) is 64.3 Å². The molecule has 8 heteroatoms. The molecule has 0 unspecified atom stereocenters. The minimum atomic E-state index is -0.355. The molecule has 1 N–H and O–H groups in total. The van der Waals surface area contributed by atoms with Crippen LogP contribution >= 0.6 is 31.9 Å². The number of benzene rings is 2. The number of fused-ring (bicyclic) bond motifs is 1. The van der Waals surface area contributed by atoms with Crippen molar-refractivity contribution in [2.24, 2.45) is 5.10 Å². The highest BCUT2D eigenvalue weighted by Crippen LogP contribution is 2.33. The average molecular weight is 470 g/mol. The van der Waals surface area contributed by atoms with Gasteiger partial charge in [0.2, 0.25) is 6.79 Å². The smallest absolute Gasteiger partial charge is 0.277 e. The number of hydrogen-bond donors (Lipinski definition) is 1. The van der Waals surface area contributed by atoms with Crippen molar-refractivity contribution >= 4 is 44.0 Å². The molecule has 1 aliphatic rings. The number of halogens is 2. The van der Waals surface area contributed by atoms with Gasteiger partial charge in [-0.1, -0.05) is 15.9 Å². The summed E-state index contributed by atoms with van der Waals surface area (Å²) in [7, 11) is 0. The normalized spacial score (nSPS) is 12.4. The van der Waals surface area contributed by atoms with Crippen LogP contribution in [0.3, 0.4) is 0 Å². The van der Waals surface area contributed by atoms with Crippen LogP contribution in [0.25, 0.3) is 0 Å². The van der Waals surface area contributed by atoms with Crippen LogP contribution in [0.4, 0.5) is 0 Å². The van der Waals surface area contributed by atoms with Crippen molar-refractivity contribution < 1.29 is 19.0 Å². The first-order valence-electron chi connectivity index (χ1n) is 7.33. The maximum Gasteiger partial charge on any atom is 0.277 e. The van der Waals surface area contributed by atoms with Gasteiger partial charge in [-0.25, -0.2) is 5.43 Å². The Hall–Kier alpha value is -2.06. The number of aryl methyl sites for hydroxylation is 1. The lowest BCUT2D eigenvalue weighted by Crippen LogP contribution is -2.24. The summed E-state index contributed by atoms with van der Waals surface area (Å²) in [5.74, 6) is 1.63. The molecule has 0 spiro atoms. The molecule has 0 radical (unpaired) electrons. The lowest BCUT2D eigenvalue weighted by molar-refractivity contribution is -0.123. The molecule has 1 amide bonds. The summed E-state index contributed by atoms with van der Waals surface area (Å²) in [5, 5.41) is 3.92. The van der Waals surface area contributed by atoms with Gasteiger partial charge in [0.05, 0.1) is 10.7 Å². The molecule has 0 atom stereocenters. The molecule has 0 saturated heterocycles. The lowest BCUT2D eigenvalue weighted by Gasteiger charge is -2.10. The van der Waals surface area contributed by atoms with Gasteiger partial charge in [0, 0.05) is 4.47 Å². The van der Waals surface area contributed by atoms with Gasteiger partial charge < -0.3 is 14.2 Å². The van der Waals surface area contributed by atoms with Gasteiger partial charge in [-0.2, -0.15) is 5.10 Å². The van der Waals surface area contributed by atoms with Crippen LogP contribution in [0.2, 0.25) is 0 Å². The highest BCUT2D eigenvalue weighted by atomic mass is 79.9. The molecule has 0 fully saturated rings. The molecule has 0 saturated carbocycles. The van der Waals surface area contributed by atoms with E-state index in [-0.39, 0.29) is 19.3 Å². The second kappa shape index (κ2) is 7.88. The number of ether oxygens (including phenoxy) is 3. The summed E-state index contributed by atoms with van der Waals surface area (Å²) in [6, 6.07) is 9.18. The fourth-order valence-corrected chi connectivity index (χ4v) is 3.77. The standard InChI is InChI=1S/C17H14Br2N2O4/c1-10-4-12(18)6-13(19)17(10)23-8-16(22)21-20-7-11-2-3-14-15(5-11)25-9-24-14/h2-7H,8-9H2,1H3,(H,21,22). The second-order valence-corrected chi connectivity index (χ2v) is 7.00. The average Bonchev–Trinajstić information content (AvgIpc) is 3.01. The van der Waals surface area contributed by atoms with Crippen LogP contribution in [0.15, 0.2) is 44.4 Å². The summed E-state index contributed by atoms with van der Waals surface area (Å²) < 4.78 is 17.8. The van der Waals surface area contributed by atoms with Crippen LogP contribution < -0.4 is 19.6 Å². The van der Waals surface area contributed by atoms with E-state index in [1.165, 1.54) is 6.21 Å². The SMILES string of the molecule is Cc1cc(Br)cc(Br)c1OCC(=O)NN=Cc1ccc2c(c1)OCO2. The summed E-state index contributed by atoms with van der Waals surface area (Å²) in [5.41, 5.74) is 4.13. The van der Waals surface area contributed by atoms with Crippen molar-refractivity contribution in [3.63, 3.8) is 0 Å². The lowest BCUT2D eigenvalue weighted by atomic mass is 10.2. The third kappa shape index (κ3) is 4.52. The number of amides is 1. The Bertz CT molecular complexity index is 816. The predicted molar refractivity (Wildman–Crippen MR) is 100 cm³/mol. The second-order valence-electron chi connectivity index (χ2n) is 5.23. The van der Waals surface area contributed by atoms with Gasteiger partial charge in [-0.3, -0.25) is 4.79 Å². The topological polar surface area (TPSA) is 69.2 Å². The zero-order valence-corrected chi connectivity index (χ0v) is 16.4. The monoisotopic (exact) mass is 468 g/mol. The number of carbonyl (C=O) groups excluding carboxylic acids is 1. The first kappa shape index (κ1) is 17.8. The third-order valence-corrected chi connectivity index (χ3v) is 4.39. The van der Waals surface area contributed by atoms with Crippen molar-refractivity contribution in [2.45, 2.75) is 6.92 Å². The predicted octanol–water partition coefficient (Wildman–Crippen LogP) is 3.78. The van der Waals surface area contributed by atoms with Gasteiger partial charge in [0.15, 0.2) is 18.1 Å². The number of rotatable bonds is 5. The number of hydrogen-bond acceptors (Lipinski definition) is 5. The van der Waals surface area contributed by atoms with Gasteiger partial charge in [-0.15, -0.1) is 0 Å². The van der Waals surface area contributed by atoms with Crippen molar-refractivity contribution in [1.82, 2.24) is 5.43 Å². The van der Waals surface area contributed by atoms with Crippen LogP contribution in [0, 0.1) is 6.92 Å². The summed E-state index contributed by atoms with van der Waals surface area (Å²) in [6.45, 7) is 1.98. The molecule has 1 heterocycles. The Morgan fingerprint density at radius 1 is 1.28 bits per heavy atom. The third-order valence-electron chi connectivity index (χ3n) is 3.34. The van der Waals surface area contributed by atoms with Crippen LogP contribution in [0.1, 0.15) is 11.1 Å². The zero-order chi connectivity index (χ0) is 17.8. The van der Waals surface area contributed by atoms with E-state index in [1.807, 2.05) is 25.1 Å². The number of hydrazone groups is 1. The number of nitrogens with zero attached hydrogens (tertiary/aromatic N) is 1. The fourth-order valence-electron chi connectivity index (χ4n) is 2.21. The van der Waals surface area contributed by atoms with Crippen LogP contribution in [-0.2, 0) is 4.79 Å². The van der Waals surface area contributed by atoms with Crippen LogP contribution in [0.5, 0.6) is 17.2 Å². The van der Waals surface area contributed by atoms with E-state index in [9.17, 15) is 4.79 Å². The van der Waals surface area contributed by atoms with Gasteiger partial charge in [0.1, 0.15) is 5.75 Å². The molecule has 1 aliphatic heterocycles. The molecule has 130 valence electrons. The first-order valence-corrected chi connectivity index (χ1v) is 8.91. The first-order chi connectivity index (χ1) is 12.0. The molecule has 3 rings (SSSR count). The molecule has 0 aromatic heterocycles. The van der Waals surface area contributed by atoms with Gasteiger partial charge >= 0.3 is 0 Å². The molecule has 2 aromatic carbocycles. The Morgan fingerprint density at radius 3 is 2.88 bits per heavy atom. The van der Waals surface area contributed by atoms with Gasteiger partial charge in [0.25, 0.3) is 5.91 Å². The van der Waals surface area contributed by atoms with E-state index >= 15 is 0 Å². The molecular formula is C17H14Br2N2O4. The van der Waals surface area contributed by atoms with Crippen molar-refractivity contribution in [1.29, 1.82) is 0 Å². The van der Waals surface area contributed by atoms with E-state index in [0.717, 1.165) is 20.1 Å². The van der Waals surface area contributed by atoms with E-state index in [2.05, 4.69) is 42.4 Å².